The number of aliphatic hydroxyl groups is 1. The second-order valence-electron chi connectivity index (χ2n) is 7.63. The van der Waals surface area contributed by atoms with Gasteiger partial charge < -0.3 is 31.2 Å². The van der Waals surface area contributed by atoms with Gasteiger partial charge in [-0.1, -0.05) is 5.10 Å². The van der Waals surface area contributed by atoms with Crippen LogP contribution in [-0.2, 0) is 0 Å². The number of rotatable bonds is 9. The van der Waals surface area contributed by atoms with Crippen LogP contribution in [0.25, 0.3) is 11.5 Å². The van der Waals surface area contributed by atoms with Gasteiger partial charge in [-0.25, -0.2) is 9.37 Å². The Morgan fingerprint density at radius 3 is 2.88 bits per heavy atom. The molecule has 3 aromatic rings. The highest BCUT2D eigenvalue weighted by Crippen LogP contribution is 2.34. The number of nitrogens with zero attached hydrogens (tertiary/aromatic N) is 3. The Hall–Kier alpha value is -3.05. The van der Waals surface area contributed by atoms with Gasteiger partial charge in [-0.2, -0.15) is 0 Å². The molecule has 1 fully saturated rings. The van der Waals surface area contributed by atoms with Crippen molar-refractivity contribution < 1.29 is 13.9 Å². The van der Waals surface area contributed by atoms with Gasteiger partial charge in [0, 0.05) is 41.7 Å². The standard InChI is InChI=1S/C21H26FN7O2S/c22-14-3-1-4-16(14)27-17-10-19(26-12-5-6-15(23)18(32)9-12)25-11-13(17)20-28-29-21(31-20)24-7-2-8-30/h5-6,9-11,14,16,30,32H,1-4,7-8,23H2,(H,24,29)(H2,25,26,27). The summed E-state index contributed by atoms with van der Waals surface area (Å²) in [4.78, 5) is 5.11. The molecule has 1 aromatic carbocycles. The molecule has 0 spiro atoms. The lowest BCUT2D eigenvalue weighted by Crippen LogP contribution is -2.25. The molecule has 2 heterocycles. The fourth-order valence-corrected chi connectivity index (χ4v) is 3.75. The Morgan fingerprint density at radius 2 is 2.12 bits per heavy atom. The molecule has 4 rings (SSSR count). The summed E-state index contributed by atoms with van der Waals surface area (Å²) in [5.41, 5.74) is 8.40. The fourth-order valence-electron chi connectivity index (χ4n) is 3.54. The molecule has 2 atom stereocenters. The Kier molecular flexibility index (Phi) is 6.96. The Labute approximate surface area is 190 Å². The second-order valence-corrected chi connectivity index (χ2v) is 8.11. The molecule has 1 aliphatic rings. The van der Waals surface area contributed by atoms with Crippen LogP contribution < -0.4 is 21.7 Å². The van der Waals surface area contributed by atoms with E-state index in [0.717, 1.165) is 18.5 Å². The number of alkyl halides is 1. The van der Waals surface area contributed by atoms with E-state index in [9.17, 15) is 4.39 Å². The average molecular weight is 460 g/mol. The van der Waals surface area contributed by atoms with Gasteiger partial charge in [0.15, 0.2) is 0 Å². The maximum absolute atomic E-state index is 14.3. The first kappa shape index (κ1) is 22.2. The number of nitrogens with one attached hydrogen (secondary N) is 3. The number of benzene rings is 1. The minimum Gasteiger partial charge on any atom is -0.403 e. The van der Waals surface area contributed by atoms with E-state index in [1.165, 1.54) is 0 Å². The predicted octanol–water partition coefficient (Wildman–Crippen LogP) is 3.84. The summed E-state index contributed by atoms with van der Waals surface area (Å²) in [5.74, 6) is 0.819. The smallest absolute Gasteiger partial charge is 0.315 e. The summed E-state index contributed by atoms with van der Waals surface area (Å²) < 4.78 is 20.0. The zero-order valence-electron chi connectivity index (χ0n) is 17.4. The van der Waals surface area contributed by atoms with Crippen LogP contribution in [0, 0.1) is 0 Å². The van der Waals surface area contributed by atoms with Crippen LogP contribution in [-0.4, -0.2) is 45.7 Å². The number of anilines is 5. The quantitative estimate of drug-likeness (QED) is 0.160. The Morgan fingerprint density at radius 1 is 1.25 bits per heavy atom. The second kappa shape index (κ2) is 10.0. The van der Waals surface area contributed by atoms with E-state index >= 15 is 0 Å². The average Bonchev–Trinajstić information content (AvgIpc) is 3.41. The number of thiol groups is 1. The lowest BCUT2D eigenvalue weighted by atomic mass is 10.1. The minimum atomic E-state index is -0.922. The Bertz CT molecular complexity index is 1060. The molecule has 11 heteroatoms. The van der Waals surface area contributed by atoms with Gasteiger partial charge in [-0.05, 0) is 43.9 Å². The molecule has 32 heavy (non-hydrogen) atoms. The van der Waals surface area contributed by atoms with Crippen molar-refractivity contribution in [3.05, 3.63) is 30.5 Å². The summed E-state index contributed by atoms with van der Waals surface area (Å²) >= 11 is 4.35. The molecule has 9 nitrogen and oxygen atoms in total. The largest absolute Gasteiger partial charge is 0.403 e. The number of hydrogen-bond donors (Lipinski definition) is 6. The molecule has 170 valence electrons. The summed E-state index contributed by atoms with van der Waals surface area (Å²) in [6.45, 7) is 0.569. The van der Waals surface area contributed by atoms with Crippen molar-refractivity contribution in [2.75, 3.05) is 34.8 Å². The van der Waals surface area contributed by atoms with Crippen molar-refractivity contribution in [3.63, 3.8) is 0 Å². The zero-order valence-corrected chi connectivity index (χ0v) is 18.3. The molecule has 0 radical (unpaired) electrons. The number of hydrogen-bond acceptors (Lipinski definition) is 10. The maximum Gasteiger partial charge on any atom is 0.315 e. The number of aliphatic hydroxyl groups excluding tert-OH is 1. The van der Waals surface area contributed by atoms with Gasteiger partial charge in [0.1, 0.15) is 12.0 Å². The molecule has 6 N–H and O–H groups in total. The highest BCUT2D eigenvalue weighted by molar-refractivity contribution is 7.80. The molecule has 0 bridgehead atoms. The van der Waals surface area contributed by atoms with Crippen LogP contribution in [0.3, 0.4) is 0 Å². The highest BCUT2D eigenvalue weighted by atomic mass is 32.1. The summed E-state index contributed by atoms with van der Waals surface area (Å²) in [7, 11) is 0. The molecule has 1 aliphatic carbocycles. The highest BCUT2D eigenvalue weighted by Gasteiger charge is 2.28. The van der Waals surface area contributed by atoms with Crippen LogP contribution in [0.4, 0.5) is 33.3 Å². The van der Waals surface area contributed by atoms with E-state index in [-0.39, 0.29) is 24.6 Å². The van der Waals surface area contributed by atoms with E-state index in [1.807, 2.05) is 6.07 Å². The van der Waals surface area contributed by atoms with Crippen molar-refractivity contribution >= 4 is 41.5 Å². The number of nitrogen functional groups attached to an aromatic ring is 1. The number of aromatic nitrogens is 3. The SMILES string of the molecule is Nc1ccc(Nc2cc(NC3CCCC3F)c(-c3nnc(NCCCO)o3)cn2)cc1S. The van der Waals surface area contributed by atoms with Crippen LogP contribution in [0.15, 0.2) is 39.8 Å². The lowest BCUT2D eigenvalue weighted by molar-refractivity contribution is 0.292. The maximum atomic E-state index is 14.3. The zero-order chi connectivity index (χ0) is 22.5. The number of halogens is 1. The lowest BCUT2D eigenvalue weighted by Gasteiger charge is -2.19. The third-order valence-electron chi connectivity index (χ3n) is 5.25. The molecule has 1 saturated carbocycles. The number of pyridine rings is 1. The van der Waals surface area contributed by atoms with Gasteiger partial charge in [0.2, 0.25) is 0 Å². The third-order valence-corrected chi connectivity index (χ3v) is 5.63. The summed E-state index contributed by atoms with van der Waals surface area (Å²) in [6, 6.07) is 7.13. The van der Waals surface area contributed by atoms with Gasteiger partial charge >= 0.3 is 6.01 Å². The molecule has 0 aliphatic heterocycles. The molecule has 2 unspecified atom stereocenters. The van der Waals surface area contributed by atoms with E-state index in [0.29, 0.717) is 47.0 Å². The molecule has 0 saturated heterocycles. The van der Waals surface area contributed by atoms with E-state index in [4.69, 9.17) is 15.3 Å². The van der Waals surface area contributed by atoms with Crippen LogP contribution in [0.5, 0.6) is 0 Å². The topological polar surface area (TPSA) is 134 Å². The van der Waals surface area contributed by atoms with Crippen LogP contribution >= 0.6 is 12.6 Å². The molecular weight excluding hydrogens is 433 g/mol. The van der Waals surface area contributed by atoms with E-state index in [1.54, 1.807) is 24.4 Å². The molecular formula is C21H26FN7O2S. The van der Waals surface area contributed by atoms with Crippen molar-refractivity contribution in [1.82, 2.24) is 15.2 Å². The monoisotopic (exact) mass is 459 g/mol. The van der Waals surface area contributed by atoms with E-state index < -0.39 is 6.17 Å². The van der Waals surface area contributed by atoms with Gasteiger partial charge in [0.05, 0.1) is 17.3 Å². The fraction of sp³-hybridized carbons (Fsp3) is 0.381. The minimum absolute atomic E-state index is 0.0644. The normalized spacial score (nSPS) is 18.0. The van der Waals surface area contributed by atoms with Crippen molar-refractivity contribution in [3.8, 4) is 11.5 Å². The molecule has 2 aromatic heterocycles. The number of nitrogens with two attached hydrogens (primary N) is 1. The van der Waals surface area contributed by atoms with Crippen molar-refractivity contribution in [2.24, 2.45) is 0 Å². The van der Waals surface area contributed by atoms with E-state index in [2.05, 4.69) is 43.8 Å². The van der Waals surface area contributed by atoms with Crippen LogP contribution in [0.1, 0.15) is 25.7 Å². The predicted molar refractivity (Wildman–Crippen MR) is 125 cm³/mol. The van der Waals surface area contributed by atoms with Gasteiger partial charge in [-0.3, -0.25) is 0 Å². The van der Waals surface area contributed by atoms with Crippen molar-refractivity contribution in [2.45, 2.75) is 42.8 Å². The van der Waals surface area contributed by atoms with Crippen molar-refractivity contribution in [1.29, 1.82) is 0 Å². The first-order chi connectivity index (χ1) is 15.5. The van der Waals surface area contributed by atoms with Gasteiger partial charge in [0.25, 0.3) is 5.89 Å². The summed E-state index contributed by atoms with van der Waals surface area (Å²) in [5, 5.41) is 26.5. The van der Waals surface area contributed by atoms with Crippen LogP contribution in [0.2, 0.25) is 0 Å². The third kappa shape index (κ3) is 5.22. The molecule has 0 amide bonds. The van der Waals surface area contributed by atoms with Gasteiger partial charge in [-0.15, -0.1) is 17.7 Å². The first-order valence-corrected chi connectivity index (χ1v) is 10.9. The summed E-state index contributed by atoms with van der Waals surface area (Å²) in [6.07, 6.45) is 3.36. The Balaban J connectivity index is 1.60. The first-order valence-electron chi connectivity index (χ1n) is 10.5.